The summed E-state index contributed by atoms with van der Waals surface area (Å²) in [5.41, 5.74) is 3.61. The summed E-state index contributed by atoms with van der Waals surface area (Å²) < 4.78 is 16.2. The van der Waals surface area contributed by atoms with Crippen molar-refractivity contribution in [3.05, 3.63) is 40.7 Å². The number of carbonyl (C=O) groups is 1. The summed E-state index contributed by atoms with van der Waals surface area (Å²) in [6.45, 7) is 5.65. The normalized spacial score (nSPS) is 16.4. The lowest BCUT2D eigenvalue weighted by Crippen LogP contribution is -2.41. The molecular formula is C21H26N4O4. The summed E-state index contributed by atoms with van der Waals surface area (Å²) in [7, 11) is 3.28. The van der Waals surface area contributed by atoms with Crippen LogP contribution in [0.25, 0.3) is 0 Å². The topological polar surface area (TPSA) is 77.0 Å². The van der Waals surface area contributed by atoms with Gasteiger partial charge in [0.05, 0.1) is 27.4 Å². The minimum Gasteiger partial charge on any atom is -0.493 e. The molecule has 0 saturated carbocycles. The van der Waals surface area contributed by atoms with Gasteiger partial charge in [-0.1, -0.05) is 0 Å². The number of ether oxygens (including phenoxy) is 3. The van der Waals surface area contributed by atoms with Crippen LogP contribution in [0.1, 0.15) is 27.3 Å². The summed E-state index contributed by atoms with van der Waals surface area (Å²) in [6, 6.07) is 5.80. The van der Waals surface area contributed by atoms with E-state index >= 15 is 0 Å². The van der Waals surface area contributed by atoms with Crippen molar-refractivity contribution < 1.29 is 19.0 Å². The van der Waals surface area contributed by atoms with Crippen LogP contribution in [0.2, 0.25) is 0 Å². The third-order valence-electron chi connectivity index (χ3n) is 5.36. The van der Waals surface area contributed by atoms with E-state index in [9.17, 15) is 4.79 Å². The summed E-state index contributed by atoms with van der Waals surface area (Å²) in [4.78, 5) is 26.0. The molecule has 1 aromatic carbocycles. The molecule has 8 heteroatoms. The average Bonchev–Trinajstić information content (AvgIpc) is 2.77. The molecule has 0 radical (unpaired) electrons. The Morgan fingerprint density at radius 1 is 1.00 bits per heavy atom. The summed E-state index contributed by atoms with van der Waals surface area (Å²) in [5.74, 6) is 1.97. The second-order valence-electron chi connectivity index (χ2n) is 7.25. The monoisotopic (exact) mass is 398 g/mol. The quantitative estimate of drug-likeness (QED) is 0.778. The Bertz CT molecular complexity index is 912. The van der Waals surface area contributed by atoms with Gasteiger partial charge in [0.2, 0.25) is 5.95 Å². The number of hydrogen-bond donors (Lipinski definition) is 0. The largest absolute Gasteiger partial charge is 0.493 e. The number of rotatable bonds is 4. The molecule has 154 valence electrons. The van der Waals surface area contributed by atoms with Gasteiger partial charge in [-0.15, -0.1) is 0 Å². The number of fused-ring (bicyclic) bond motifs is 1. The Kier molecular flexibility index (Phi) is 5.53. The lowest BCUT2D eigenvalue weighted by Gasteiger charge is -2.30. The fourth-order valence-electron chi connectivity index (χ4n) is 3.79. The van der Waals surface area contributed by atoms with Gasteiger partial charge in [-0.25, -0.2) is 9.97 Å². The Hall–Kier alpha value is -2.87. The maximum atomic E-state index is 12.9. The number of morpholine rings is 1. The van der Waals surface area contributed by atoms with Gasteiger partial charge in [-0.2, -0.15) is 0 Å². The Morgan fingerprint density at radius 2 is 1.69 bits per heavy atom. The summed E-state index contributed by atoms with van der Waals surface area (Å²) in [6.07, 6.45) is 0.847. The highest BCUT2D eigenvalue weighted by Crippen LogP contribution is 2.34. The molecule has 1 fully saturated rings. The van der Waals surface area contributed by atoms with Crippen molar-refractivity contribution in [2.75, 3.05) is 52.0 Å². The second-order valence-corrected chi connectivity index (χ2v) is 7.25. The van der Waals surface area contributed by atoms with E-state index in [2.05, 4.69) is 14.9 Å². The molecule has 2 aliphatic rings. The van der Waals surface area contributed by atoms with Crippen LogP contribution in [0.15, 0.2) is 18.2 Å². The van der Waals surface area contributed by atoms with Crippen molar-refractivity contribution in [3.63, 3.8) is 0 Å². The van der Waals surface area contributed by atoms with Crippen LogP contribution in [0.4, 0.5) is 5.95 Å². The number of aryl methyl sites for hydroxylation is 1. The van der Waals surface area contributed by atoms with Crippen LogP contribution in [0.5, 0.6) is 11.5 Å². The number of carbonyl (C=O) groups excluding carboxylic acids is 1. The maximum absolute atomic E-state index is 12.9. The first-order valence-electron chi connectivity index (χ1n) is 9.80. The van der Waals surface area contributed by atoms with Crippen molar-refractivity contribution in [2.24, 2.45) is 0 Å². The van der Waals surface area contributed by atoms with E-state index in [0.717, 1.165) is 30.0 Å². The smallest absolute Gasteiger partial charge is 0.272 e. The van der Waals surface area contributed by atoms with Gasteiger partial charge in [-0.05, 0) is 42.7 Å². The zero-order chi connectivity index (χ0) is 20.4. The van der Waals surface area contributed by atoms with E-state index in [1.807, 2.05) is 19.1 Å². The first-order valence-corrected chi connectivity index (χ1v) is 9.80. The molecule has 0 N–H and O–H groups in total. The Labute approximate surface area is 170 Å². The first kappa shape index (κ1) is 19.4. The van der Waals surface area contributed by atoms with Gasteiger partial charge in [0.25, 0.3) is 5.91 Å². The Balaban J connectivity index is 1.59. The summed E-state index contributed by atoms with van der Waals surface area (Å²) in [5, 5.41) is 0. The first-order chi connectivity index (χ1) is 14.1. The van der Waals surface area contributed by atoms with Crippen LogP contribution < -0.4 is 14.4 Å². The minimum absolute atomic E-state index is 0.0659. The van der Waals surface area contributed by atoms with E-state index in [4.69, 9.17) is 14.2 Å². The van der Waals surface area contributed by atoms with E-state index in [1.165, 1.54) is 5.56 Å². The van der Waals surface area contributed by atoms with E-state index in [0.29, 0.717) is 50.2 Å². The fraction of sp³-hybridized carbons (Fsp3) is 0.476. The van der Waals surface area contributed by atoms with Crippen molar-refractivity contribution in [3.8, 4) is 11.5 Å². The molecule has 29 heavy (non-hydrogen) atoms. The minimum atomic E-state index is -0.0659. The van der Waals surface area contributed by atoms with Crippen molar-refractivity contribution in [1.29, 1.82) is 0 Å². The van der Waals surface area contributed by atoms with Crippen molar-refractivity contribution >= 4 is 11.9 Å². The zero-order valence-electron chi connectivity index (χ0n) is 17.1. The summed E-state index contributed by atoms with van der Waals surface area (Å²) >= 11 is 0. The molecule has 2 aromatic rings. The van der Waals surface area contributed by atoms with Gasteiger partial charge in [0, 0.05) is 31.9 Å². The average molecular weight is 398 g/mol. The van der Waals surface area contributed by atoms with E-state index < -0.39 is 0 Å². The van der Waals surface area contributed by atoms with Crippen molar-refractivity contribution in [2.45, 2.75) is 19.9 Å². The highest BCUT2D eigenvalue weighted by Gasteiger charge is 2.24. The van der Waals surface area contributed by atoms with Crippen LogP contribution in [0, 0.1) is 6.92 Å². The molecule has 3 heterocycles. The molecule has 1 aromatic heterocycles. The standard InChI is InChI=1S/C21H26N4O4/c1-14-10-17(20(26)24-6-8-29-9-7-24)23-21(22-14)25-5-4-15-11-18(27-2)19(28-3)12-16(15)13-25/h10-12H,4-9,13H2,1-3H3. The highest BCUT2D eigenvalue weighted by molar-refractivity contribution is 5.92. The second kappa shape index (κ2) is 8.24. The number of anilines is 1. The van der Waals surface area contributed by atoms with Crippen molar-refractivity contribution in [1.82, 2.24) is 14.9 Å². The lowest BCUT2D eigenvalue weighted by molar-refractivity contribution is 0.0299. The van der Waals surface area contributed by atoms with Crippen LogP contribution in [0.3, 0.4) is 0 Å². The molecule has 0 bridgehead atoms. The molecule has 0 unspecified atom stereocenters. The molecule has 0 atom stereocenters. The van der Waals surface area contributed by atoms with Crippen LogP contribution >= 0.6 is 0 Å². The number of hydrogen-bond acceptors (Lipinski definition) is 7. The molecular weight excluding hydrogens is 372 g/mol. The third kappa shape index (κ3) is 3.98. The molecule has 0 spiro atoms. The number of methoxy groups -OCH3 is 2. The lowest BCUT2D eigenvalue weighted by atomic mass is 9.99. The van der Waals surface area contributed by atoms with Crippen LogP contribution in [-0.4, -0.2) is 67.8 Å². The Morgan fingerprint density at radius 3 is 2.38 bits per heavy atom. The number of amides is 1. The van der Waals surface area contributed by atoms with Crippen LogP contribution in [-0.2, 0) is 17.7 Å². The SMILES string of the molecule is COc1cc2c(cc1OC)CN(c1nc(C)cc(C(=O)N3CCOCC3)n1)CC2. The number of nitrogens with zero attached hydrogens (tertiary/aromatic N) is 4. The van der Waals surface area contributed by atoms with Gasteiger partial charge in [0.1, 0.15) is 5.69 Å². The van der Waals surface area contributed by atoms with E-state index in [1.54, 1.807) is 25.2 Å². The predicted octanol–water partition coefficient (Wildman–Crippen LogP) is 1.84. The molecule has 8 nitrogen and oxygen atoms in total. The number of aromatic nitrogens is 2. The molecule has 4 rings (SSSR count). The maximum Gasteiger partial charge on any atom is 0.272 e. The van der Waals surface area contributed by atoms with Gasteiger partial charge in [-0.3, -0.25) is 4.79 Å². The highest BCUT2D eigenvalue weighted by atomic mass is 16.5. The molecule has 1 amide bonds. The van der Waals surface area contributed by atoms with Gasteiger partial charge >= 0.3 is 0 Å². The van der Waals surface area contributed by atoms with Gasteiger partial charge < -0.3 is 24.0 Å². The zero-order valence-corrected chi connectivity index (χ0v) is 17.1. The number of benzene rings is 1. The fourth-order valence-corrected chi connectivity index (χ4v) is 3.79. The van der Waals surface area contributed by atoms with E-state index in [-0.39, 0.29) is 5.91 Å². The van der Waals surface area contributed by atoms with Gasteiger partial charge in [0.15, 0.2) is 11.5 Å². The molecule has 0 aliphatic carbocycles. The molecule has 2 aliphatic heterocycles. The molecule has 1 saturated heterocycles. The third-order valence-corrected chi connectivity index (χ3v) is 5.36. The predicted molar refractivity (Wildman–Crippen MR) is 108 cm³/mol.